The molecule has 0 spiro atoms. The van der Waals surface area contributed by atoms with Gasteiger partial charge in [-0.3, -0.25) is 0 Å². The van der Waals surface area contributed by atoms with E-state index in [1.165, 1.54) is 6.08 Å². The van der Waals surface area contributed by atoms with E-state index in [0.717, 1.165) is 11.6 Å². The van der Waals surface area contributed by atoms with Crippen LogP contribution in [0, 0.1) is 0 Å². The van der Waals surface area contributed by atoms with Crippen molar-refractivity contribution in [1.82, 2.24) is 0 Å². The summed E-state index contributed by atoms with van der Waals surface area (Å²) < 4.78 is 41.1. The molecule has 1 rings (SSSR count). The number of allylic oxidation sites excluding steroid dienone is 1. The van der Waals surface area contributed by atoms with Gasteiger partial charge in [-0.2, -0.15) is 13.2 Å². The van der Waals surface area contributed by atoms with Crippen LogP contribution >= 0.6 is 0 Å². The van der Waals surface area contributed by atoms with Crippen molar-refractivity contribution in [3.8, 4) is 5.75 Å². The summed E-state index contributed by atoms with van der Waals surface area (Å²) >= 11 is 0. The smallest absolute Gasteiger partial charge is 0.392 e. The van der Waals surface area contributed by atoms with Crippen LogP contribution in [0.3, 0.4) is 0 Å². The summed E-state index contributed by atoms with van der Waals surface area (Å²) in [6.07, 6.45) is -2.40. The number of hydrogen-bond donors (Lipinski definition) is 0. The fraction of sp³-hybridized carbons (Fsp3) is 0.385. The second-order valence-electron chi connectivity index (χ2n) is 3.96. The molecule has 0 saturated heterocycles. The SMILES string of the molecule is CC(C)Oc1ccc(C=CCC(F)(F)F)cc1. The molecule has 0 bridgehead atoms. The average Bonchev–Trinajstić information content (AvgIpc) is 2.18. The topological polar surface area (TPSA) is 9.23 Å². The molecule has 0 unspecified atom stereocenters. The average molecular weight is 244 g/mol. The number of rotatable bonds is 4. The molecule has 0 saturated carbocycles. The fourth-order valence-corrected chi connectivity index (χ4v) is 1.26. The molecular weight excluding hydrogens is 229 g/mol. The first-order chi connectivity index (χ1) is 7.87. The first-order valence-corrected chi connectivity index (χ1v) is 5.37. The summed E-state index contributed by atoms with van der Waals surface area (Å²) in [7, 11) is 0. The molecule has 0 aliphatic rings. The summed E-state index contributed by atoms with van der Waals surface area (Å²) in [4.78, 5) is 0. The van der Waals surface area contributed by atoms with E-state index in [1.807, 2.05) is 13.8 Å². The van der Waals surface area contributed by atoms with Crippen molar-refractivity contribution < 1.29 is 17.9 Å². The van der Waals surface area contributed by atoms with E-state index in [2.05, 4.69) is 0 Å². The first-order valence-electron chi connectivity index (χ1n) is 5.37. The van der Waals surface area contributed by atoms with Gasteiger partial charge in [-0.1, -0.05) is 24.3 Å². The van der Waals surface area contributed by atoms with E-state index >= 15 is 0 Å². The molecule has 0 fully saturated rings. The van der Waals surface area contributed by atoms with Gasteiger partial charge in [0.05, 0.1) is 12.5 Å². The van der Waals surface area contributed by atoms with Gasteiger partial charge in [0.1, 0.15) is 5.75 Å². The van der Waals surface area contributed by atoms with Crippen LogP contribution in [0.5, 0.6) is 5.75 Å². The van der Waals surface area contributed by atoms with Gasteiger partial charge in [-0.05, 0) is 31.5 Å². The third kappa shape index (κ3) is 6.00. The van der Waals surface area contributed by atoms with Crippen molar-refractivity contribution in [3.05, 3.63) is 35.9 Å². The third-order valence-corrected chi connectivity index (χ3v) is 1.91. The highest BCUT2D eigenvalue weighted by atomic mass is 19.4. The van der Waals surface area contributed by atoms with E-state index in [1.54, 1.807) is 24.3 Å². The van der Waals surface area contributed by atoms with E-state index in [-0.39, 0.29) is 6.10 Å². The highest BCUT2D eigenvalue weighted by Crippen LogP contribution is 2.21. The van der Waals surface area contributed by atoms with Crippen LogP contribution in [0.15, 0.2) is 30.3 Å². The molecule has 0 heterocycles. The molecule has 0 atom stereocenters. The number of alkyl halides is 3. The highest BCUT2D eigenvalue weighted by Gasteiger charge is 2.24. The fourth-order valence-electron chi connectivity index (χ4n) is 1.26. The van der Waals surface area contributed by atoms with Gasteiger partial charge in [0, 0.05) is 0 Å². The monoisotopic (exact) mass is 244 g/mol. The van der Waals surface area contributed by atoms with Gasteiger partial charge in [0.15, 0.2) is 0 Å². The summed E-state index contributed by atoms with van der Waals surface area (Å²) in [5, 5.41) is 0. The predicted octanol–water partition coefficient (Wildman–Crippen LogP) is 4.44. The molecule has 0 aliphatic carbocycles. The van der Waals surface area contributed by atoms with Gasteiger partial charge in [0.2, 0.25) is 0 Å². The number of halogens is 3. The maximum absolute atomic E-state index is 11.9. The number of hydrogen-bond acceptors (Lipinski definition) is 1. The van der Waals surface area contributed by atoms with Crippen LogP contribution in [-0.4, -0.2) is 12.3 Å². The van der Waals surface area contributed by atoms with Crippen LogP contribution in [0.2, 0.25) is 0 Å². The quantitative estimate of drug-likeness (QED) is 0.760. The van der Waals surface area contributed by atoms with E-state index in [4.69, 9.17) is 4.74 Å². The maximum Gasteiger partial charge on any atom is 0.392 e. The van der Waals surface area contributed by atoms with Crippen LogP contribution in [0.25, 0.3) is 6.08 Å². The Morgan fingerprint density at radius 3 is 2.24 bits per heavy atom. The van der Waals surface area contributed by atoms with Crippen molar-refractivity contribution in [2.75, 3.05) is 0 Å². The predicted molar refractivity (Wildman–Crippen MR) is 61.9 cm³/mol. The Hall–Kier alpha value is -1.45. The molecule has 4 heteroatoms. The van der Waals surface area contributed by atoms with Crippen LogP contribution in [-0.2, 0) is 0 Å². The van der Waals surface area contributed by atoms with Crippen molar-refractivity contribution in [1.29, 1.82) is 0 Å². The molecule has 1 nitrogen and oxygen atoms in total. The Labute approximate surface area is 98.9 Å². The minimum Gasteiger partial charge on any atom is -0.491 e. The second-order valence-corrected chi connectivity index (χ2v) is 3.96. The molecule has 17 heavy (non-hydrogen) atoms. The van der Waals surface area contributed by atoms with Gasteiger partial charge in [-0.15, -0.1) is 0 Å². The number of benzene rings is 1. The molecule has 0 aromatic heterocycles. The second kappa shape index (κ2) is 5.75. The lowest BCUT2D eigenvalue weighted by molar-refractivity contribution is -0.124. The Kier molecular flexibility index (Phi) is 4.61. The lowest BCUT2D eigenvalue weighted by atomic mass is 10.2. The Balaban J connectivity index is 2.56. The Bertz CT molecular complexity index is 363. The molecule has 1 aromatic carbocycles. The molecule has 94 valence electrons. The third-order valence-electron chi connectivity index (χ3n) is 1.91. The van der Waals surface area contributed by atoms with Gasteiger partial charge in [0.25, 0.3) is 0 Å². The first kappa shape index (κ1) is 13.6. The van der Waals surface area contributed by atoms with E-state index in [0.29, 0.717) is 5.75 Å². The molecule has 0 radical (unpaired) electrons. The lowest BCUT2D eigenvalue weighted by Crippen LogP contribution is -2.05. The van der Waals surface area contributed by atoms with Crippen LogP contribution < -0.4 is 4.74 Å². The lowest BCUT2D eigenvalue weighted by Gasteiger charge is -2.09. The van der Waals surface area contributed by atoms with Crippen LogP contribution in [0.4, 0.5) is 13.2 Å². The highest BCUT2D eigenvalue weighted by molar-refractivity contribution is 5.50. The maximum atomic E-state index is 11.9. The zero-order valence-electron chi connectivity index (χ0n) is 9.79. The number of ether oxygens (including phenoxy) is 1. The summed E-state index contributed by atoms with van der Waals surface area (Å²) in [5.41, 5.74) is 0.727. The van der Waals surface area contributed by atoms with Crippen molar-refractivity contribution in [2.24, 2.45) is 0 Å². The standard InChI is InChI=1S/C13H15F3O/c1-10(2)17-12-7-5-11(6-8-12)4-3-9-13(14,15)16/h3-8,10H,9H2,1-2H3. The van der Waals surface area contributed by atoms with Crippen molar-refractivity contribution in [2.45, 2.75) is 32.5 Å². The molecule has 1 aromatic rings. The Morgan fingerprint density at radius 2 is 1.76 bits per heavy atom. The van der Waals surface area contributed by atoms with Crippen LogP contribution in [0.1, 0.15) is 25.8 Å². The minimum absolute atomic E-state index is 0.0848. The molecule has 0 aliphatic heterocycles. The van der Waals surface area contributed by atoms with Gasteiger partial charge >= 0.3 is 6.18 Å². The summed E-state index contributed by atoms with van der Waals surface area (Å²) in [5.74, 6) is 0.716. The largest absolute Gasteiger partial charge is 0.491 e. The zero-order chi connectivity index (χ0) is 12.9. The van der Waals surface area contributed by atoms with E-state index in [9.17, 15) is 13.2 Å². The normalized spacial score (nSPS) is 12.4. The van der Waals surface area contributed by atoms with Crippen molar-refractivity contribution >= 4 is 6.08 Å². The minimum atomic E-state index is -4.14. The molecule has 0 amide bonds. The summed E-state index contributed by atoms with van der Waals surface area (Å²) in [6.45, 7) is 3.83. The molecule has 0 N–H and O–H groups in total. The van der Waals surface area contributed by atoms with Gasteiger partial charge in [-0.25, -0.2) is 0 Å². The van der Waals surface area contributed by atoms with Gasteiger partial charge < -0.3 is 4.74 Å². The summed E-state index contributed by atoms with van der Waals surface area (Å²) in [6, 6.07) is 6.94. The zero-order valence-corrected chi connectivity index (χ0v) is 9.79. The Morgan fingerprint density at radius 1 is 1.18 bits per heavy atom. The van der Waals surface area contributed by atoms with E-state index < -0.39 is 12.6 Å². The molecular formula is C13H15F3O. The van der Waals surface area contributed by atoms with Crippen molar-refractivity contribution in [3.63, 3.8) is 0 Å².